The molecular formula is C15H10F3NO3. The van der Waals surface area contributed by atoms with E-state index < -0.39 is 18.6 Å². The van der Waals surface area contributed by atoms with Crippen LogP contribution in [-0.2, 0) is 4.74 Å². The van der Waals surface area contributed by atoms with Crippen molar-refractivity contribution in [2.45, 2.75) is 12.6 Å². The van der Waals surface area contributed by atoms with Gasteiger partial charge in [0.05, 0.1) is 5.56 Å². The topological polar surface area (TPSA) is 47.6 Å². The molecule has 2 aromatic rings. The summed E-state index contributed by atoms with van der Waals surface area (Å²) in [5, 5.41) is 2.94. The molecule has 0 saturated heterocycles. The Labute approximate surface area is 123 Å². The first-order valence-electron chi connectivity index (χ1n) is 6.35. The number of alkyl halides is 3. The maximum Gasteiger partial charge on any atom is 0.573 e. The Morgan fingerprint density at radius 1 is 1.05 bits per heavy atom. The Morgan fingerprint density at radius 3 is 2.41 bits per heavy atom. The van der Waals surface area contributed by atoms with Crippen LogP contribution in [-0.4, -0.2) is 12.3 Å². The number of anilines is 1. The molecule has 0 amide bonds. The summed E-state index contributed by atoms with van der Waals surface area (Å²) in [6, 6.07) is 12.1. The SMILES string of the molecule is O=C1O[C@@H](Nc2ccc(OC(F)(F)F)cc2)c2ccccc21. The summed E-state index contributed by atoms with van der Waals surface area (Å²) in [4.78, 5) is 11.7. The fourth-order valence-corrected chi connectivity index (χ4v) is 2.16. The lowest BCUT2D eigenvalue weighted by molar-refractivity contribution is -0.274. The lowest BCUT2D eigenvalue weighted by Gasteiger charge is -2.15. The Kier molecular flexibility index (Phi) is 3.40. The van der Waals surface area contributed by atoms with Gasteiger partial charge in [0.15, 0.2) is 0 Å². The van der Waals surface area contributed by atoms with Crippen LogP contribution < -0.4 is 10.1 Å². The fourth-order valence-electron chi connectivity index (χ4n) is 2.16. The van der Waals surface area contributed by atoms with Crippen molar-refractivity contribution in [2.75, 3.05) is 5.32 Å². The van der Waals surface area contributed by atoms with E-state index in [0.717, 1.165) is 0 Å². The van der Waals surface area contributed by atoms with Gasteiger partial charge >= 0.3 is 12.3 Å². The molecule has 0 radical (unpaired) electrons. The molecule has 4 nitrogen and oxygen atoms in total. The second-order valence-electron chi connectivity index (χ2n) is 4.59. The van der Waals surface area contributed by atoms with Gasteiger partial charge in [0.2, 0.25) is 6.23 Å². The van der Waals surface area contributed by atoms with E-state index in [1.54, 1.807) is 24.3 Å². The van der Waals surface area contributed by atoms with Crippen molar-refractivity contribution < 1.29 is 27.4 Å². The van der Waals surface area contributed by atoms with Crippen LogP contribution >= 0.6 is 0 Å². The third kappa shape index (κ3) is 2.98. The molecule has 1 N–H and O–H groups in total. The van der Waals surface area contributed by atoms with Crippen molar-refractivity contribution in [2.24, 2.45) is 0 Å². The summed E-state index contributed by atoms with van der Waals surface area (Å²) < 4.78 is 45.2. The van der Waals surface area contributed by atoms with Crippen molar-refractivity contribution in [1.82, 2.24) is 0 Å². The van der Waals surface area contributed by atoms with Gasteiger partial charge in [-0.05, 0) is 30.3 Å². The van der Waals surface area contributed by atoms with Crippen LogP contribution in [0.3, 0.4) is 0 Å². The number of fused-ring (bicyclic) bond motifs is 1. The second-order valence-corrected chi connectivity index (χ2v) is 4.59. The lowest BCUT2D eigenvalue weighted by Crippen LogP contribution is -2.17. The molecule has 1 heterocycles. The summed E-state index contributed by atoms with van der Waals surface area (Å²) >= 11 is 0. The Balaban J connectivity index is 1.74. The fraction of sp³-hybridized carbons (Fsp3) is 0.133. The number of cyclic esters (lactones) is 1. The first-order chi connectivity index (χ1) is 10.4. The van der Waals surface area contributed by atoms with Crippen molar-refractivity contribution in [3.05, 3.63) is 59.7 Å². The molecule has 0 bridgehead atoms. The van der Waals surface area contributed by atoms with Gasteiger partial charge in [-0.1, -0.05) is 18.2 Å². The minimum Gasteiger partial charge on any atom is -0.434 e. The predicted molar refractivity (Wildman–Crippen MR) is 71.3 cm³/mol. The second kappa shape index (κ2) is 5.25. The summed E-state index contributed by atoms with van der Waals surface area (Å²) in [6.07, 6.45) is -5.40. The molecule has 114 valence electrons. The lowest BCUT2D eigenvalue weighted by atomic mass is 10.1. The predicted octanol–water partition coefficient (Wildman–Crippen LogP) is 3.87. The zero-order chi connectivity index (χ0) is 15.7. The van der Waals surface area contributed by atoms with E-state index in [2.05, 4.69) is 10.1 Å². The first-order valence-corrected chi connectivity index (χ1v) is 6.35. The highest BCUT2D eigenvalue weighted by molar-refractivity contribution is 5.94. The molecule has 0 aliphatic carbocycles. The molecule has 1 aliphatic heterocycles. The summed E-state index contributed by atoms with van der Waals surface area (Å²) in [7, 11) is 0. The zero-order valence-electron chi connectivity index (χ0n) is 11.1. The molecule has 0 spiro atoms. The monoisotopic (exact) mass is 309 g/mol. The highest BCUT2D eigenvalue weighted by atomic mass is 19.4. The maximum atomic E-state index is 12.1. The van der Waals surface area contributed by atoms with Crippen LogP contribution in [0.15, 0.2) is 48.5 Å². The van der Waals surface area contributed by atoms with Crippen molar-refractivity contribution in [3.63, 3.8) is 0 Å². The van der Waals surface area contributed by atoms with Crippen molar-refractivity contribution in [1.29, 1.82) is 0 Å². The van der Waals surface area contributed by atoms with E-state index in [1.165, 1.54) is 24.3 Å². The number of carbonyl (C=O) groups excluding carboxylic acids is 1. The normalized spacial score (nSPS) is 16.9. The van der Waals surface area contributed by atoms with Crippen LogP contribution in [0.2, 0.25) is 0 Å². The maximum absolute atomic E-state index is 12.1. The number of halogens is 3. The van der Waals surface area contributed by atoms with E-state index in [1.807, 2.05) is 0 Å². The molecule has 2 aromatic carbocycles. The number of carbonyl (C=O) groups is 1. The molecule has 1 aliphatic rings. The van der Waals surface area contributed by atoms with Gasteiger partial charge in [0.25, 0.3) is 0 Å². The third-order valence-corrected chi connectivity index (χ3v) is 3.07. The number of nitrogens with one attached hydrogen (secondary N) is 1. The van der Waals surface area contributed by atoms with E-state index in [9.17, 15) is 18.0 Å². The minimum absolute atomic E-state index is 0.318. The first kappa shape index (κ1) is 14.2. The van der Waals surface area contributed by atoms with Gasteiger partial charge in [-0.2, -0.15) is 0 Å². The summed E-state index contributed by atoms with van der Waals surface area (Å²) in [6.45, 7) is 0. The molecule has 0 unspecified atom stereocenters. The Bertz CT molecular complexity index is 698. The Hall–Kier alpha value is -2.70. The highest BCUT2D eigenvalue weighted by Gasteiger charge is 2.32. The van der Waals surface area contributed by atoms with Gasteiger partial charge in [-0.15, -0.1) is 13.2 Å². The van der Waals surface area contributed by atoms with Crippen LogP contribution in [0.5, 0.6) is 5.75 Å². The van der Waals surface area contributed by atoms with E-state index in [4.69, 9.17) is 4.74 Å². The molecule has 7 heteroatoms. The minimum atomic E-state index is -4.73. The molecule has 0 aromatic heterocycles. The smallest absolute Gasteiger partial charge is 0.434 e. The summed E-state index contributed by atoms with van der Waals surface area (Å²) in [5.74, 6) is -0.757. The molecule has 0 fully saturated rings. The molecule has 3 rings (SSSR count). The number of hydrogen-bond acceptors (Lipinski definition) is 4. The van der Waals surface area contributed by atoms with Gasteiger partial charge < -0.3 is 14.8 Å². The van der Waals surface area contributed by atoms with E-state index in [-0.39, 0.29) is 5.75 Å². The average molecular weight is 309 g/mol. The van der Waals surface area contributed by atoms with Gasteiger partial charge in [-0.25, -0.2) is 4.79 Å². The quantitative estimate of drug-likeness (QED) is 0.875. The van der Waals surface area contributed by atoms with Crippen LogP contribution in [0.1, 0.15) is 22.1 Å². The van der Waals surface area contributed by atoms with Gasteiger partial charge in [0.1, 0.15) is 5.75 Å². The molecular weight excluding hydrogens is 299 g/mol. The van der Waals surface area contributed by atoms with Crippen molar-refractivity contribution >= 4 is 11.7 Å². The average Bonchev–Trinajstić information content (AvgIpc) is 2.77. The van der Waals surface area contributed by atoms with Crippen LogP contribution in [0.4, 0.5) is 18.9 Å². The summed E-state index contributed by atoms with van der Waals surface area (Å²) in [5.41, 5.74) is 1.66. The Morgan fingerprint density at radius 2 is 1.73 bits per heavy atom. The number of ether oxygens (including phenoxy) is 2. The number of benzene rings is 2. The zero-order valence-corrected chi connectivity index (χ0v) is 11.1. The van der Waals surface area contributed by atoms with Gasteiger partial charge in [-0.3, -0.25) is 0 Å². The highest BCUT2D eigenvalue weighted by Crippen LogP contribution is 2.32. The van der Waals surface area contributed by atoms with E-state index in [0.29, 0.717) is 16.8 Å². The van der Waals surface area contributed by atoms with Gasteiger partial charge in [0, 0.05) is 11.3 Å². The van der Waals surface area contributed by atoms with Crippen LogP contribution in [0.25, 0.3) is 0 Å². The molecule has 1 atom stereocenters. The standard InChI is InChI=1S/C15H10F3NO3/c16-15(17,18)22-10-7-5-9(6-8-10)19-13-11-3-1-2-4-12(11)14(20)21-13/h1-8,13,19H/t13-/m1/s1. The van der Waals surface area contributed by atoms with E-state index >= 15 is 0 Å². The molecule has 22 heavy (non-hydrogen) atoms. The van der Waals surface area contributed by atoms with Crippen LogP contribution in [0, 0.1) is 0 Å². The number of hydrogen-bond donors (Lipinski definition) is 1. The van der Waals surface area contributed by atoms with Crippen molar-refractivity contribution in [3.8, 4) is 5.75 Å². The number of rotatable bonds is 3. The largest absolute Gasteiger partial charge is 0.573 e. The number of esters is 1. The third-order valence-electron chi connectivity index (χ3n) is 3.07. The molecule has 0 saturated carbocycles.